The summed E-state index contributed by atoms with van der Waals surface area (Å²) >= 11 is 5.82. The first-order chi connectivity index (χ1) is 10.5. The molecule has 0 heterocycles. The smallest absolute Gasteiger partial charge is 0.338 e. The van der Waals surface area contributed by atoms with E-state index >= 15 is 0 Å². The first kappa shape index (κ1) is 16.8. The van der Waals surface area contributed by atoms with E-state index < -0.39 is 5.97 Å². The Bertz CT molecular complexity index is 546. The van der Waals surface area contributed by atoms with Crippen molar-refractivity contribution >= 4 is 23.5 Å². The van der Waals surface area contributed by atoms with E-state index in [1.807, 2.05) is 0 Å². The maximum Gasteiger partial charge on any atom is 0.338 e. The molecule has 0 unspecified atom stereocenters. The second-order valence-corrected chi connectivity index (χ2v) is 6.46. The van der Waals surface area contributed by atoms with E-state index in [0.717, 1.165) is 12.8 Å². The molecule has 4 nitrogen and oxygen atoms in total. The molecule has 1 N–H and O–H groups in total. The van der Waals surface area contributed by atoms with Crippen molar-refractivity contribution in [3.8, 4) is 0 Å². The van der Waals surface area contributed by atoms with Gasteiger partial charge in [0.05, 0.1) is 5.56 Å². The number of ether oxygens (including phenoxy) is 1. The van der Waals surface area contributed by atoms with Crippen molar-refractivity contribution in [1.29, 1.82) is 0 Å². The van der Waals surface area contributed by atoms with Crippen LogP contribution in [0.1, 0.15) is 43.5 Å². The van der Waals surface area contributed by atoms with Crippen molar-refractivity contribution in [1.82, 2.24) is 5.32 Å². The Kier molecular flexibility index (Phi) is 5.83. The molecule has 0 bridgehead atoms. The van der Waals surface area contributed by atoms with E-state index in [1.165, 1.54) is 12.5 Å². The van der Waals surface area contributed by atoms with Crippen molar-refractivity contribution in [3.05, 3.63) is 34.9 Å². The van der Waals surface area contributed by atoms with Crippen molar-refractivity contribution in [2.24, 2.45) is 11.8 Å². The van der Waals surface area contributed by atoms with Crippen LogP contribution in [-0.2, 0) is 9.53 Å². The quantitative estimate of drug-likeness (QED) is 0.864. The standard InChI is InChI=1S/C17H22ClNO3/c1-11-5-3-8-15(12(11)2)19-16(20)10-22-17(21)13-6-4-7-14(18)9-13/h4,6-7,9,11-12,15H,3,5,8,10H2,1-2H3,(H,19,20)/t11-,12-,15-/m1/s1. The number of carbonyl (C=O) groups is 2. The number of rotatable bonds is 4. The highest BCUT2D eigenvalue weighted by atomic mass is 35.5. The fraction of sp³-hybridized carbons (Fsp3) is 0.529. The summed E-state index contributed by atoms with van der Waals surface area (Å²) in [4.78, 5) is 23.8. The topological polar surface area (TPSA) is 55.4 Å². The van der Waals surface area contributed by atoms with Gasteiger partial charge >= 0.3 is 5.97 Å². The van der Waals surface area contributed by atoms with Crippen LogP contribution in [0.2, 0.25) is 5.02 Å². The van der Waals surface area contributed by atoms with E-state index in [9.17, 15) is 9.59 Å². The molecule has 0 aliphatic heterocycles. The van der Waals surface area contributed by atoms with E-state index in [4.69, 9.17) is 16.3 Å². The Morgan fingerprint density at radius 1 is 1.32 bits per heavy atom. The SMILES string of the molecule is C[C@@H]1[C@H](C)CCC[C@H]1NC(=O)COC(=O)c1cccc(Cl)c1. The normalized spacial score (nSPS) is 24.6. The van der Waals surface area contributed by atoms with Crippen LogP contribution in [-0.4, -0.2) is 24.5 Å². The predicted octanol–water partition coefficient (Wildman–Crippen LogP) is 3.44. The highest BCUT2D eigenvalue weighted by Gasteiger charge is 2.28. The Morgan fingerprint density at radius 2 is 2.09 bits per heavy atom. The monoisotopic (exact) mass is 323 g/mol. The minimum atomic E-state index is -0.539. The van der Waals surface area contributed by atoms with Crippen LogP contribution in [0.5, 0.6) is 0 Å². The number of esters is 1. The van der Waals surface area contributed by atoms with Crippen molar-refractivity contribution < 1.29 is 14.3 Å². The predicted molar refractivity (Wildman–Crippen MR) is 85.8 cm³/mol. The number of hydrogen-bond acceptors (Lipinski definition) is 3. The van der Waals surface area contributed by atoms with Gasteiger partial charge in [0.2, 0.25) is 0 Å². The summed E-state index contributed by atoms with van der Waals surface area (Å²) in [6, 6.07) is 6.64. The maximum atomic E-state index is 12.0. The van der Waals surface area contributed by atoms with E-state index in [0.29, 0.717) is 22.4 Å². The average Bonchev–Trinajstić information content (AvgIpc) is 2.49. The zero-order chi connectivity index (χ0) is 16.1. The summed E-state index contributed by atoms with van der Waals surface area (Å²) in [6.45, 7) is 4.11. The van der Waals surface area contributed by atoms with Crippen LogP contribution < -0.4 is 5.32 Å². The molecule has 0 spiro atoms. The zero-order valence-corrected chi connectivity index (χ0v) is 13.7. The van der Waals surface area contributed by atoms with E-state index in [2.05, 4.69) is 19.2 Å². The van der Waals surface area contributed by atoms with Gasteiger partial charge in [-0.2, -0.15) is 0 Å². The average molecular weight is 324 g/mol. The van der Waals surface area contributed by atoms with E-state index in [-0.39, 0.29) is 18.6 Å². The molecule has 2 rings (SSSR count). The number of halogens is 1. The van der Waals surface area contributed by atoms with Crippen LogP contribution >= 0.6 is 11.6 Å². The van der Waals surface area contributed by atoms with Crippen LogP contribution in [0.4, 0.5) is 0 Å². The lowest BCUT2D eigenvalue weighted by Crippen LogP contribution is -2.45. The lowest BCUT2D eigenvalue weighted by atomic mass is 9.78. The molecule has 3 atom stereocenters. The van der Waals surface area contributed by atoms with Gasteiger partial charge in [0.25, 0.3) is 5.91 Å². The number of carbonyl (C=O) groups excluding carboxylic acids is 2. The highest BCUT2D eigenvalue weighted by Crippen LogP contribution is 2.29. The van der Waals surface area contributed by atoms with Crippen LogP contribution in [0, 0.1) is 11.8 Å². The second kappa shape index (κ2) is 7.63. The molecule has 1 aliphatic carbocycles. The van der Waals surface area contributed by atoms with Gasteiger partial charge in [-0.3, -0.25) is 4.79 Å². The summed E-state index contributed by atoms with van der Waals surface area (Å²) in [6.07, 6.45) is 3.32. The Hall–Kier alpha value is -1.55. The fourth-order valence-electron chi connectivity index (χ4n) is 2.86. The van der Waals surface area contributed by atoms with Gasteiger partial charge < -0.3 is 10.1 Å². The number of benzene rings is 1. The molecule has 1 amide bonds. The molecular formula is C17H22ClNO3. The van der Waals surface area contributed by atoms with Gasteiger partial charge in [-0.05, 0) is 36.5 Å². The lowest BCUT2D eigenvalue weighted by Gasteiger charge is -2.34. The Morgan fingerprint density at radius 3 is 2.82 bits per heavy atom. The third kappa shape index (κ3) is 4.47. The molecule has 0 saturated heterocycles. The third-order valence-electron chi connectivity index (χ3n) is 4.45. The number of nitrogens with one attached hydrogen (secondary N) is 1. The molecule has 1 fully saturated rings. The summed E-state index contributed by atoms with van der Waals surface area (Å²) in [7, 11) is 0. The van der Waals surface area contributed by atoms with Gasteiger partial charge in [-0.15, -0.1) is 0 Å². The minimum Gasteiger partial charge on any atom is -0.452 e. The third-order valence-corrected chi connectivity index (χ3v) is 4.68. The Balaban J connectivity index is 1.81. The summed E-state index contributed by atoms with van der Waals surface area (Å²) in [5, 5.41) is 3.44. The highest BCUT2D eigenvalue weighted by molar-refractivity contribution is 6.30. The van der Waals surface area contributed by atoms with Gasteiger partial charge in [0.1, 0.15) is 0 Å². The lowest BCUT2D eigenvalue weighted by molar-refractivity contribution is -0.125. The molecule has 1 saturated carbocycles. The largest absolute Gasteiger partial charge is 0.452 e. The molecule has 0 radical (unpaired) electrons. The molecule has 0 aromatic heterocycles. The first-order valence-electron chi connectivity index (χ1n) is 7.69. The van der Waals surface area contributed by atoms with Crippen LogP contribution in [0.25, 0.3) is 0 Å². The van der Waals surface area contributed by atoms with Gasteiger partial charge in [-0.1, -0.05) is 44.4 Å². The molecule has 120 valence electrons. The van der Waals surface area contributed by atoms with Crippen LogP contribution in [0.3, 0.4) is 0 Å². The fourth-order valence-corrected chi connectivity index (χ4v) is 3.05. The van der Waals surface area contributed by atoms with Gasteiger partial charge in [0, 0.05) is 11.1 Å². The minimum absolute atomic E-state index is 0.168. The molecule has 22 heavy (non-hydrogen) atoms. The van der Waals surface area contributed by atoms with Crippen molar-refractivity contribution in [2.45, 2.75) is 39.2 Å². The molecule has 1 aromatic rings. The maximum absolute atomic E-state index is 12.0. The molecule has 1 aromatic carbocycles. The van der Waals surface area contributed by atoms with Crippen molar-refractivity contribution in [3.63, 3.8) is 0 Å². The van der Waals surface area contributed by atoms with Gasteiger partial charge in [0.15, 0.2) is 6.61 Å². The second-order valence-electron chi connectivity index (χ2n) is 6.03. The molecule has 5 heteroatoms. The summed E-state index contributed by atoms with van der Waals surface area (Å²) in [5.74, 6) is 0.262. The van der Waals surface area contributed by atoms with Crippen LogP contribution in [0.15, 0.2) is 24.3 Å². The summed E-state index contributed by atoms with van der Waals surface area (Å²) in [5.41, 5.74) is 0.347. The molecule has 1 aliphatic rings. The first-order valence-corrected chi connectivity index (χ1v) is 8.07. The number of amides is 1. The summed E-state index contributed by atoms with van der Waals surface area (Å²) < 4.78 is 5.04. The number of hydrogen-bond donors (Lipinski definition) is 1. The van der Waals surface area contributed by atoms with E-state index in [1.54, 1.807) is 18.2 Å². The Labute approximate surface area is 136 Å². The van der Waals surface area contributed by atoms with Crippen molar-refractivity contribution in [2.75, 3.05) is 6.61 Å². The molecular weight excluding hydrogens is 302 g/mol. The zero-order valence-electron chi connectivity index (χ0n) is 13.0. The van der Waals surface area contributed by atoms with Gasteiger partial charge in [-0.25, -0.2) is 4.79 Å².